The van der Waals surface area contributed by atoms with Gasteiger partial charge in [0.2, 0.25) is 0 Å². The monoisotopic (exact) mass is 342 g/mol. The summed E-state index contributed by atoms with van der Waals surface area (Å²) in [6.07, 6.45) is 1.95. The second-order valence-electron chi connectivity index (χ2n) is 5.71. The van der Waals surface area contributed by atoms with Crippen molar-refractivity contribution in [3.8, 4) is 17.0 Å². The molecule has 0 amide bonds. The lowest BCUT2D eigenvalue weighted by Gasteiger charge is -2.02. The van der Waals surface area contributed by atoms with Gasteiger partial charge in [0.25, 0.3) is 0 Å². The summed E-state index contributed by atoms with van der Waals surface area (Å²) >= 11 is 0. The van der Waals surface area contributed by atoms with E-state index >= 15 is 0 Å². The number of ether oxygens (including phenoxy) is 1. The van der Waals surface area contributed by atoms with Gasteiger partial charge in [-0.25, -0.2) is 4.98 Å². The van der Waals surface area contributed by atoms with Crippen LogP contribution in [0.4, 0.5) is 11.5 Å². The summed E-state index contributed by atoms with van der Waals surface area (Å²) < 4.78 is 7.40. The quantitative estimate of drug-likeness (QED) is 0.429. The third kappa shape index (κ3) is 3.19. The van der Waals surface area contributed by atoms with Crippen LogP contribution in [0.3, 0.4) is 0 Å². The summed E-state index contributed by atoms with van der Waals surface area (Å²) in [4.78, 5) is 4.72. The Kier molecular flexibility index (Phi) is 4.43. The summed E-state index contributed by atoms with van der Waals surface area (Å²) in [5.74, 6) is 1.53. The fraction of sp³-hybridized carbons (Fsp3) is 0.0952. The van der Waals surface area contributed by atoms with E-state index in [4.69, 9.17) is 9.72 Å². The van der Waals surface area contributed by atoms with Gasteiger partial charge in [-0.2, -0.15) is 0 Å². The highest BCUT2D eigenvalue weighted by Crippen LogP contribution is 2.32. The fourth-order valence-corrected chi connectivity index (χ4v) is 2.75. The Bertz CT molecular complexity index is 1040. The van der Waals surface area contributed by atoms with Crippen LogP contribution in [0.1, 0.15) is 6.92 Å². The third-order valence-corrected chi connectivity index (χ3v) is 3.96. The zero-order valence-corrected chi connectivity index (χ0v) is 14.4. The van der Waals surface area contributed by atoms with E-state index in [-0.39, 0.29) is 0 Å². The van der Waals surface area contributed by atoms with Crippen LogP contribution in [0.5, 0.6) is 5.75 Å². The van der Waals surface area contributed by atoms with E-state index in [1.54, 1.807) is 0 Å². The maximum absolute atomic E-state index is 5.46. The van der Waals surface area contributed by atoms with Gasteiger partial charge in [0.15, 0.2) is 5.82 Å². The molecule has 2 aromatic carbocycles. The highest BCUT2D eigenvalue weighted by molar-refractivity contribution is 5.74. The molecule has 2 aromatic heterocycles. The minimum Gasteiger partial charge on any atom is -0.494 e. The summed E-state index contributed by atoms with van der Waals surface area (Å²) in [6, 6.07) is 23.5. The number of pyridine rings is 1. The largest absolute Gasteiger partial charge is 0.494 e. The molecule has 0 saturated carbocycles. The third-order valence-electron chi connectivity index (χ3n) is 3.96. The maximum atomic E-state index is 5.46. The molecule has 0 aliphatic rings. The molecule has 0 fully saturated rings. The second-order valence-corrected chi connectivity index (χ2v) is 5.71. The molecule has 4 rings (SSSR count). The molecule has 2 heterocycles. The van der Waals surface area contributed by atoms with Crippen molar-refractivity contribution in [1.82, 2.24) is 9.38 Å². The van der Waals surface area contributed by atoms with Gasteiger partial charge in [0.05, 0.1) is 12.3 Å². The summed E-state index contributed by atoms with van der Waals surface area (Å²) in [5.41, 5.74) is 3.42. The predicted molar refractivity (Wildman–Crippen MR) is 102 cm³/mol. The van der Waals surface area contributed by atoms with Crippen LogP contribution in [0, 0.1) is 0 Å². The van der Waals surface area contributed by atoms with E-state index < -0.39 is 0 Å². The molecule has 5 nitrogen and oxygen atoms in total. The Hall–Kier alpha value is -3.47. The maximum Gasteiger partial charge on any atom is 0.187 e. The lowest BCUT2D eigenvalue weighted by molar-refractivity contribution is 0.340. The molecule has 0 radical (unpaired) electrons. The number of hydrogen-bond acceptors (Lipinski definition) is 4. The number of nitrogens with zero attached hydrogens (tertiary/aromatic N) is 4. The van der Waals surface area contributed by atoms with E-state index in [1.807, 2.05) is 90.3 Å². The number of benzene rings is 2. The van der Waals surface area contributed by atoms with Crippen molar-refractivity contribution in [1.29, 1.82) is 0 Å². The smallest absolute Gasteiger partial charge is 0.187 e. The number of aromatic nitrogens is 2. The van der Waals surface area contributed by atoms with E-state index in [0.717, 1.165) is 28.3 Å². The Balaban J connectivity index is 1.75. The fourth-order valence-electron chi connectivity index (χ4n) is 2.75. The molecule has 0 aliphatic heterocycles. The van der Waals surface area contributed by atoms with E-state index in [1.165, 1.54) is 0 Å². The molecule has 4 aromatic rings. The minimum absolute atomic E-state index is 0.642. The molecule has 0 saturated heterocycles. The average molecular weight is 342 g/mol. The van der Waals surface area contributed by atoms with Gasteiger partial charge < -0.3 is 4.74 Å². The van der Waals surface area contributed by atoms with Crippen LogP contribution in [-0.4, -0.2) is 16.0 Å². The van der Waals surface area contributed by atoms with Crippen LogP contribution in [-0.2, 0) is 0 Å². The van der Waals surface area contributed by atoms with Gasteiger partial charge in [0, 0.05) is 11.8 Å². The van der Waals surface area contributed by atoms with Crippen molar-refractivity contribution in [2.24, 2.45) is 10.2 Å². The molecular weight excluding hydrogens is 324 g/mol. The van der Waals surface area contributed by atoms with Crippen molar-refractivity contribution >= 4 is 17.2 Å². The molecule has 5 heteroatoms. The van der Waals surface area contributed by atoms with Crippen LogP contribution < -0.4 is 4.74 Å². The number of rotatable bonds is 5. The Morgan fingerprint density at radius 3 is 2.42 bits per heavy atom. The van der Waals surface area contributed by atoms with Gasteiger partial charge >= 0.3 is 0 Å². The first-order valence-corrected chi connectivity index (χ1v) is 8.52. The van der Waals surface area contributed by atoms with Crippen molar-refractivity contribution in [2.45, 2.75) is 6.92 Å². The zero-order valence-electron chi connectivity index (χ0n) is 14.4. The van der Waals surface area contributed by atoms with Gasteiger partial charge in [-0.3, -0.25) is 4.40 Å². The van der Waals surface area contributed by atoms with Crippen molar-refractivity contribution in [3.63, 3.8) is 0 Å². The first-order valence-electron chi connectivity index (χ1n) is 8.52. The van der Waals surface area contributed by atoms with Crippen LogP contribution >= 0.6 is 0 Å². The predicted octanol–water partition coefficient (Wildman–Crippen LogP) is 5.82. The van der Waals surface area contributed by atoms with Crippen LogP contribution in [0.2, 0.25) is 0 Å². The molecular formula is C21H18N4O. The highest BCUT2D eigenvalue weighted by Gasteiger charge is 2.13. The Morgan fingerprint density at radius 2 is 1.65 bits per heavy atom. The Morgan fingerprint density at radius 1 is 0.885 bits per heavy atom. The average Bonchev–Trinajstić information content (AvgIpc) is 3.07. The highest BCUT2D eigenvalue weighted by atomic mass is 16.5. The van der Waals surface area contributed by atoms with Crippen LogP contribution in [0.15, 0.2) is 89.2 Å². The number of imidazole rings is 1. The molecule has 0 spiro atoms. The molecule has 0 aliphatic carbocycles. The molecule has 0 unspecified atom stereocenters. The molecule has 0 atom stereocenters. The van der Waals surface area contributed by atoms with Gasteiger partial charge in [-0.05, 0) is 43.3 Å². The first kappa shape index (κ1) is 16.0. The normalized spacial score (nSPS) is 11.3. The Labute approximate surface area is 151 Å². The molecule has 0 N–H and O–H groups in total. The number of fused-ring (bicyclic) bond motifs is 1. The van der Waals surface area contributed by atoms with Gasteiger partial charge in [0.1, 0.15) is 17.1 Å². The molecule has 26 heavy (non-hydrogen) atoms. The lowest BCUT2D eigenvalue weighted by atomic mass is 10.1. The molecule has 128 valence electrons. The minimum atomic E-state index is 0.642. The van der Waals surface area contributed by atoms with Gasteiger partial charge in [-0.1, -0.05) is 36.4 Å². The van der Waals surface area contributed by atoms with Crippen molar-refractivity contribution in [3.05, 3.63) is 79.0 Å². The summed E-state index contributed by atoms with van der Waals surface area (Å²) in [7, 11) is 0. The lowest BCUT2D eigenvalue weighted by Crippen LogP contribution is -1.89. The number of azo groups is 1. The molecule has 0 bridgehead atoms. The summed E-state index contributed by atoms with van der Waals surface area (Å²) in [5, 5.41) is 8.90. The second kappa shape index (κ2) is 7.19. The SMILES string of the molecule is CCOc1ccc(N=Nc2c(-c3ccccc3)nc3ccccn23)cc1. The van der Waals surface area contributed by atoms with E-state index in [0.29, 0.717) is 12.4 Å². The van der Waals surface area contributed by atoms with Crippen molar-refractivity contribution < 1.29 is 4.74 Å². The van der Waals surface area contributed by atoms with Crippen molar-refractivity contribution in [2.75, 3.05) is 6.61 Å². The summed E-state index contributed by atoms with van der Waals surface area (Å²) in [6.45, 7) is 2.60. The zero-order chi connectivity index (χ0) is 17.8. The van der Waals surface area contributed by atoms with Gasteiger partial charge in [-0.15, -0.1) is 10.2 Å². The van der Waals surface area contributed by atoms with E-state index in [9.17, 15) is 0 Å². The van der Waals surface area contributed by atoms with Crippen LogP contribution in [0.25, 0.3) is 16.9 Å². The topological polar surface area (TPSA) is 51.2 Å². The van der Waals surface area contributed by atoms with E-state index in [2.05, 4.69) is 10.2 Å². The standard InChI is InChI=1S/C21H18N4O/c1-2-26-18-13-11-17(12-14-18)23-24-21-20(16-8-4-3-5-9-16)22-19-10-6-7-15-25(19)21/h3-15H,2H2,1H3. The number of hydrogen-bond donors (Lipinski definition) is 0. The first-order chi connectivity index (χ1) is 12.8.